The molecule has 0 amide bonds. The molecule has 0 aliphatic carbocycles. The van der Waals surface area contributed by atoms with E-state index in [4.69, 9.17) is 8.92 Å². The zero-order valence-corrected chi connectivity index (χ0v) is 15.0. The standard InChI is InChI=1S/C19H15NO6S/c1-24-19(21)14-5-11-17(12-6-14)27(22,23)26-16-9-7-15(8-10-16)25-18-4-2-3-13-20-18/h2-13H,1H3. The van der Waals surface area contributed by atoms with E-state index in [9.17, 15) is 13.2 Å². The van der Waals surface area contributed by atoms with Gasteiger partial charge in [-0.25, -0.2) is 9.78 Å². The summed E-state index contributed by atoms with van der Waals surface area (Å²) >= 11 is 0. The van der Waals surface area contributed by atoms with Crippen molar-refractivity contribution in [2.24, 2.45) is 0 Å². The van der Waals surface area contributed by atoms with Crippen molar-refractivity contribution in [3.05, 3.63) is 78.5 Å². The predicted octanol–water partition coefficient (Wildman–Crippen LogP) is 3.43. The first-order valence-corrected chi connectivity index (χ1v) is 9.20. The second-order valence-electron chi connectivity index (χ2n) is 5.29. The number of benzene rings is 2. The molecule has 0 saturated carbocycles. The molecular formula is C19H15NO6S. The average molecular weight is 385 g/mol. The first-order chi connectivity index (χ1) is 13.0. The third-order valence-corrected chi connectivity index (χ3v) is 4.72. The number of methoxy groups -OCH3 is 1. The minimum atomic E-state index is -4.04. The first-order valence-electron chi connectivity index (χ1n) is 7.80. The molecule has 0 atom stereocenters. The van der Waals surface area contributed by atoms with Crippen molar-refractivity contribution in [1.29, 1.82) is 0 Å². The van der Waals surface area contributed by atoms with Crippen LogP contribution < -0.4 is 8.92 Å². The van der Waals surface area contributed by atoms with Gasteiger partial charge >= 0.3 is 16.1 Å². The fraction of sp³-hybridized carbons (Fsp3) is 0.0526. The molecule has 0 fully saturated rings. The molecule has 0 aliphatic heterocycles. The maximum atomic E-state index is 12.3. The first kappa shape index (κ1) is 18.4. The maximum absolute atomic E-state index is 12.3. The molecule has 3 aromatic rings. The number of pyridine rings is 1. The number of carbonyl (C=O) groups is 1. The molecular weight excluding hydrogens is 370 g/mol. The highest BCUT2D eigenvalue weighted by atomic mass is 32.2. The Morgan fingerprint density at radius 2 is 1.56 bits per heavy atom. The van der Waals surface area contributed by atoms with Crippen molar-refractivity contribution in [2.45, 2.75) is 4.90 Å². The van der Waals surface area contributed by atoms with Gasteiger partial charge in [-0.05, 0) is 54.6 Å². The molecule has 3 rings (SSSR count). The highest BCUT2D eigenvalue weighted by Gasteiger charge is 2.17. The number of aromatic nitrogens is 1. The van der Waals surface area contributed by atoms with Gasteiger partial charge in [0, 0.05) is 12.3 Å². The van der Waals surface area contributed by atoms with Crippen LogP contribution in [0.25, 0.3) is 0 Å². The van der Waals surface area contributed by atoms with Crippen molar-refractivity contribution in [3.8, 4) is 17.4 Å². The van der Waals surface area contributed by atoms with E-state index in [2.05, 4.69) is 9.72 Å². The van der Waals surface area contributed by atoms with E-state index in [-0.39, 0.29) is 16.2 Å². The molecule has 1 heterocycles. The van der Waals surface area contributed by atoms with E-state index in [1.165, 1.54) is 43.5 Å². The Bertz CT molecular complexity index is 1020. The van der Waals surface area contributed by atoms with E-state index in [1.807, 2.05) is 0 Å². The minimum absolute atomic E-state index is 0.0797. The number of hydrogen-bond donors (Lipinski definition) is 0. The minimum Gasteiger partial charge on any atom is -0.465 e. The van der Waals surface area contributed by atoms with Gasteiger partial charge in [0.05, 0.1) is 12.7 Å². The van der Waals surface area contributed by atoms with Crippen molar-refractivity contribution in [1.82, 2.24) is 4.98 Å². The van der Waals surface area contributed by atoms with Crippen molar-refractivity contribution in [2.75, 3.05) is 7.11 Å². The van der Waals surface area contributed by atoms with Crippen LogP contribution in [0.3, 0.4) is 0 Å². The average Bonchev–Trinajstić information content (AvgIpc) is 2.69. The van der Waals surface area contributed by atoms with Gasteiger partial charge in [0.1, 0.15) is 16.4 Å². The lowest BCUT2D eigenvalue weighted by molar-refractivity contribution is 0.0600. The lowest BCUT2D eigenvalue weighted by Crippen LogP contribution is -2.10. The lowest BCUT2D eigenvalue weighted by atomic mass is 10.2. The fourth-order valence-corrected chi connectivity index (χ4v) is 3.07. The smallest absolute Gasteiger partial charge is 0.339 e. The van der Waals surface area contributed by atoms with Crippen molar-refractivity contribution in [3.63, 3.8) is 0 Å². The van der Waals surface area contributed by atoms with Crippen LogP contribution in [0.5, 0.6) is 17.4 Å². The van der Waals surface area contributed by atoms with Gasteiger partial charge < -0.3 is 13.7 Å². The normalized spacial score (nSPS) is 10.9. The lowest BCUT2D eigenvalue weighted by Gasteiger charge is -2.09. The van der Waals surface area contributed by atoms with Gasteiger partial charge in [0.15, 0.2) is 0 Å². The number of carbonyl (C=O) groups excluding carboxylic acids is 1. The Kier molecular flexibility index (Phi) is 5.37. The van der Waals surface area contributed by atoms with Gasteiger partial charge in [-0.15, -0.1) is 0 Å². The molecule has 0 unspecified atom stereocenters. The topological polar surface area (TPSA) is 91.8 Å². The summed E-state index contributed by atoms with van der Waals surface area (Å²) in [7, 11) is -2.79. The van der Waals surface area contributed by atoms with Crippen LogP contribution in [0.1, 0.15) is 10.4 Å². The van der Waals surface area contributed by atoms with Crippen LogP contribution in [0.4, 0.5) is 0 Å². The van der Waals surface area contributed by atoms with Crippen LogP contribution in [-0.4, -0.2) is 26.5 Å². The van der Waals surface area contributed by atoms with Crippen molar-refractivity contribution < 1.29 is 26.9 Å². The summed E-state index contributed by atoms with van der Waals surface area (Å²) < 4.78 is 39.9. The number of ether oxygens (including phenoxy) is 2. The molecule has 0 bridgehead atoms. The monoisotopic (exact) mass is 385 g/mol. The van der Waals surface area contributed by atoms with E-state index < -0.39 is 16.1 Å². The van der Waals surface area contributed by atoms with Gasteiger partial charge in [0.25, 0.3) is 0 Å². The van der Waals surface area contributed by atoms with Gasteiger partial charge in [-0.3, -0.25) is 0 Å². The number of rotatable bonds is 6. The quantitative estimate of drug-likeness (QED) is 0.474. The summed E-state index contributed by atoms with van der Waals surface area (Å²) in [5.74, 6) is 0.481. The molecule has 1 aromatic heterocycles. The van der Waals surface area contributed by atoms with Crippen LogP contribution in [0, 0.1) is 0 Å². The molecule has 27 heavy (non-hydrogen) atoms. The van der Waals surface area contributed by atoms with Gasteiger partial charge in [0.2, 0.25) is 5.88 Å². The number of nitrogens with zero attached hydrogens (tertiary/aromatic N) is 1. The van der Waals surface area contributed by atoms with Crippen LogP contribution in [0.2, 0.25) is 0 Å². The van der Waals surface area contributed by atoms with E-state index in [0.717, 1.165) is 0 Å². The second kappa shape index (κ2) is 7.88. The zero-order chi connectivity index (χ0) is 19.3. The number of esters is 1. The molecule has 138 valence electrons. The molecule has 0 radical (unpaired) electrons. The Morgan fingerprint density at radius 3 is 2.15 bits per heavy atom. The summed E-state index contributed by atoms with van der Waals surface area (Å²) in [6, 6.07) is 16.6. The van der Waals surface area contributed by atoms with Crippen LogP contribution in [0.15, 0.2) is 77.8 Å². The van der Waals surface area contributed by atoms with E-state index in [1.54, 1.807) is 36.5 Å². The summed E-state index contributed by atoms with van der Waals surface area (Å²) in [4.78, 5) is 15.4. The second-order valence-corrected chi connectivity index (χ2v) is 6.84. The number of hydrogen-bond acceptors (Lipinski definition) is 7. The van der Waals surface area contributed by atoms with Crippen molar-refractivity contribution >= 4 is 16.1 Å². The summed E-state index contributed by atoms with van der Waals surface area (Å²) in [5.41, 5.74) is 0.243. The summed E-state index contributed by atoms with van der Waals surface area (Å²) in [6.07, 6.45) is 1.60. The molecule has 7 nitrogen and oxygen atoms in total. The van der Waals surface area contributed by atoms with Gasteiger partial charge in [-0.2, -0.15) is 8.42 Å². The molecule has 0 N–H and O–H groups in total. The molecule has 0 saturated heterocycles. The van der Waals surface area contributed by atoms with Gasteiger partial charge in [-0.1, -0.05) is 6.07 Å². The summed E-state index contributed by atoms with van der Waals surface area (Å²) in [6.45, 7) is 0. The third-order valence-electron chi connectivity index (χ3n) is 3.45. The van der Waals surface area contributed by atoms with Crippen LogP contribution in [-0.2, 0) is 14.9 Å². The predicted molar refractivity (Wildman–Crippen MR) is 96.3 cm³/mol. The molecule has 2 aromatic carbocycles. The Morgan fingerprint density at radius 1 is 0.889 bits per heavy atom. The molecule has 0 aliphatic rings. The highest BCUT2D eigenvalue weighted by molar-refractivity contribution is 7.87. The largest absolute Gasteiger partial charge is 0.465 e. The summed E-state index contributed by atoms with van der Waals surface area (Å²) in [5, 5.41) is 0. The maximum Gasteiger partial charge on any atom is 0.339 e. The van der Waals surface area contributed by atoms with E-state index in [0.29, 0.717) is 11.6 Å². The Hall–Kier alpha value is -3.39. The SMILES string of the molecule is COC(=O)c1ccc(S(=O)(=O)Oc2ccc(Oc3ccccn3)cc2)cc1. The molecule has 0 spiro atoms. The van der Waals surface area contributed by atoms with E-state index >= 15 is 0 Å². The highest BCUT2D eigenvalue weighted by Crippen LogP contribution is 2.24. The zero-order valence-electron chi connectivity index (χ0n) is 14.2. The van der Waals surface area contributed by atoms with Crippen LogP contribution >= 0.6 is 0 Å². The fourth-order valence-electron chi connectivity index (χ4n) is 2.14. The Balaban J connectivity index is 1.71. The molecule has 8 heteroatoms. The Labute approximate surface area is 156 Å². The third kappa shape index (κ3) is 4.62.